The summed E-state index contributed by atoms with van der Waals surface area (Å²) in [6, 6.07) is 13.0. The van der Waals surface area contributed by atoms with E-state index in [4.69, 9.17) is 28.3 Å². The number of benzene rings is 2. The van der Waals surface area contributed by atoms with Crippen molar-refractivity contribution in [2.24, 2.45) is 0 Å². The molecule has 1 N–H and O–H groups in total. The van der Waals surface area contributed by atoms with Gasteiger partial charge in [0.1, 0.15) is 0 Å². The van der Waals surface area contributed by atoms with Crippen LogP contribution in [0.15, 0.2) is 42.5 Å². The van der Waals surface area contributed by atoms with Crippen LogP contribution < -0.4 is 0 Å². The van der Waals surface area contributed by atoms with E-state index >= 15 is 0 Å². The maximum atomic E-state index is 9.10. The van der Waals surface area contributed by atoms with Crippen molar-refractivity contribution in [3.05, 3.63) is 58.1 Å². The lowest BCUT2D eigenvalue weighted by atomic mass is 10.0. The van der Waals surface area contributed by atoms with Crippen molar-refractivity contribution in [2.45, 2.75) is 6.61 Å². The van der Waals surface area contributed by atoms with Crippen LogP contribution >= 0.6 is 23.2 Å². The molecule has 2 aromatic carbocycles. The second-order valence-electron chi connectivity index (χ2n) is 3.51. The molecule has 0 amide bonds. The molecule has 2 aromatic rings. The van der Waals surface area contributed by atoms with Crippen LogP contribution in [0.3, 0.4) is 0 Å². The SMILES string of the molecule is OCc1cc(Cl)cc(-c2ccc(Cl)cc2)c1. The quantitative estimate of drug-likeness (QED) is 0.852. The van der Waals surface area contributed by atoms with Crippen molar-refractivity contribution >= 4 is 23.2 Å². The summed E-state index contributed by atoms with van der Waals surface area (Å²) in [5.41, 5.74) is 2.81. The zero-order valence-electron chi connectivity index (χ0n) is 8.45. The molecule has 3 heteroatoms. The molecule has 0 spiro atoms. The zero-order valence-corrected chi connectivity index (χ0v) is 9.96. The van der Waals surface area contributed by atoms with Crippen LogP contribution in [0.25, 0.3) is 11.1 Å². The smallest absolute Gasteiger partial charge is 0.0682 e. The minimum absolute atomic E-state index is 0.0127. The Labute approximate surface area is 104 Å². The maximum Gasteiger partial charge on any atom is 0.0682 e. The van der Waals surface area contributed by atoms with Crippen LogP contribution in [0.1, 0.15) is 5.56 Å². The molecule has 0 radical (unpaired) electrons. The largest absolute Gasteiger partial charge is 0.392 e. The van der Waals surface area contributed by atoms with Gasteiger partial charge < -0.3 is 5.11 Å². The van der Waals surface area contributed by atoms with Gasteiger partial charge in [0.25, 0.3) is 0 Å². The zero-order chi connectivity index (χ0) is 11.5. The van der Waals surface area contributed by atoms with Crippen molar-refractivity contribution in [2.75, 3.05) is 0 Å². The Morgan fingerprint density at radius 1 is 0.812 bits per heavy atom. The van der Waals surface area contributed by atoms with Gasteiger partial charge in [-0.3, -0.25) is 0 Å². The van der Waals surface area contributed by atoms with Crippen LogP contribution in [-0.4, -0.2) is 5.11 Å². The average Bonchev–Trinajstić information content (AvgIpc) is 2.29. The van der Waals surface area contributed by atoms with Crippen molar-refractivity contribution in [3.8, 4) is 11.1 Å². The Hall–Kier alpha value is -1.02. The molecule has 16 heavy (non-hydrogen) atoms. The van der Waals surface area contributed by atoms with E-state index in [0.717, 1.165) is 16.7 Å². The van der Waals surface area contributed by atoms with E-state index in [-0.39, 0.29) is 6.61 Å². The second-order valence-corrected chi connectivity index (χ2v) is 4.39. The Bertz CT molecular complexity index is 492. The molecule has 82 valence electrons. The molecule has 0 fully saturated rings. The minimum atomic E-state index is -0.0127. The fourth-order valence-electron chi connectivity index (χ4n) is 1.55. The van der Waals surface area contributed by atoms with E-state index in [1.165, 1.54) is 0 Å². The van der Waals surface area contributed by atoms with Gasteiger partial charge in [0.05, 0.1) is 6.61 Å². The molecule has 0 saturated carbocycles. The summed E-state index contributed by atoms with van der Waals surface area (Å²) in [4.78, 5) is 0. The maximum absolute atomic E-state index is 9.10. The summed E-state index contributed by atoms with van der Waals surface area (Å²) in [6.07, 6.45) is 0. The van der Waals surface area contributed by atoms with E-state index in [0.29, 0.717) is 10.0 Å². The first kappa shape index (κ1) is 11.5. The van der Waals surface area contributed by atoms with Gasteiger partial charge in [0, 0.05) is 10.0 Å². The first-order chi connectivity index (χ1) is 7.69. The lowest BCUT2D eigenvalue weighted by Crippen LogP contribution is -1.85. The van der Waals surface area contributed by atoms with Gasteiger partial charge in [0.15, 0.2) is 0 Å². The topological polar surface area (TPSA) is 20.2 Å². The summed E-state index contributed by atoms with van der Waals surface area (Å²) < 4.78 is 0. The Balaban J connectivity index is 2.47. The third kappa shape index (κ3) is 2.56. The van der Waals surface area contributed by atoms with Crippen molar-refractivity contribution < 1.29 is 5.11 Å². The molecule has 0 atom stereocenters. The van der Waals surface area contributed by atoms with Gasteiger partial charge in [-0.1, -0.05) is 35.3 Å². The van der Waals surface area contributed by atoms with Crippen LogP contribution in [0, 0.1) is 0 Å². The molecular weight excluding hydrogens is 243 g/mol. The van der Waals surface area contributed by atoms with Gasteiger partial charge in [-0.25, -0.2) is 0 Å². The fraction of sp³-hybridized carbons (Fsp3) is 0.0769. The van der Waals surface area contributed by atoms with Gasteiger partial charge in [-0.05, 0) is 47.0 Å². The standard InChI is InChI=1S/C13H10Cl2O/c14-12-3-1-10(2-4-12)11-5-9(8-16)6-13(15)7-11/h1-7,16H,8H2. The monoisotopic (exact) mass is 252 g/mol. The highest BCUT2D eigenvalue weighted by atomic mass is 35.5. The lowest BCUT2D eigenvalue weighted by molar-refractivity contribution is 0.282. The summed E-state index contributed by atoms with van der Waals surface area (Å²) in [6.45, 7) is -0.0127. The highest BCUT2D eigenvalue weighted by molar-refractivity contribution is 6.31. The normalized spacial score (nSPS) is 10.4. The predicted molar refractivity (Wildman–Crippen MR) is 67.8 cm³/mol. The van der Waals surface area contributed by atoms with E-state index in [1.807, 2.05) is 36.4 Å². The van der Waals surface area contributed by atoms with E-state index < -0.39 is 0 Å². The number of halogens is 2. The minimum Gasteiger partial charge on any atom is -0.392 e. The highest BCUT2D eigenvalue weighted by Crippen LogP contribution is 2.26. The number of rotatable bonds is 2. The Morgan fingerprint density at radius 2 is 1.50 bits per heavy atom. The number of aliphatic hydroxyl groups is 1. The first-order valence-electron chi connectivity index (χ1n) is 4.85. The predicted octanol–water partition coefficient (Wildman–Crippen LogP) is 4.15. The summed E-state index contributed by atoms with van der Waals surface area (Å²) in [5, 5.41) is 10.4. The molecule has 2 rings (SSSR count). The van der Waals surface area contributed by atoms with Gasteiger partial charge in [-0.2, -0.15) is 0 Å². The van der Waals surface area contributed by atoms with Crippen molar-refractivity contribution in [1.82, 2.24) is 0 Å². The molecule has 1 nitrogen and oxygen atoms in total. The number of hydrogen-bond acceptors (Lipinski definition) is 1. The van der Waals surface area contributed by atoms with E-state index in [9.17, 15) is 0 Å². The van der Waals surface area contributed by atoms with Crippen LogP contribution in [0.5, 0.6) is 0 Å². The number of hydrogen-bond donors (Lipinski definition) is 1. The fourth-order valence-corrected chi connectivity index (χ4v) is 1.93. The van der Waals surface area contributed by atoms with Gasteiger partial charge in [0.2, 0.25) is 0 Å². The van der Waals surface area contributed by atoms with Gasteiger partial charge >= 0.3 is 0 Å². The molecule has 0 aliphatic carbocycles. The lowest BCUT2D eigenvalue weighted by Gasteiger charge is -2.05. The second kappa shape index (κ2) is 4.88. The third-order valence-electron chi connectivity index (χ3n) is 2.32. The molecule has 0 heterocycles. The molecule has 0 saturated heterocycles. The molecule has 0 aromatic heterocycles. The average molecular weight is 253 g/mol. The Kier molecular flexibility index (Phi) is 3.49. The Morgan fingerprint density at radius 3 is 2.12 bits per heavy atom. The molecule has 0 aliphatic heterocycles. The van der Waals surface area contributed by atoms with Gasteiger partial charge in [-0.15, -0.1) is 0 Å². The van der Waals surface area contributed by atoms with E-state index in [1.54, 1.807) is 6.07 Å². The summed E-state index contributed by atoms with van der Waals surface area (Å²) in [5.74, 6) is 0. The van der Waals surface area contributed by atoms with Crippen molar-refractivity contribution in [3.63, 3.8) is 0 Å². The first-order valence-corrected chi connectivity index (χ1v) is 5.61. The summed E-state index contributed by atoms with van der Waals surface area (Å²) >= 11 is 11.8. The molecule has 0 bridgehead atoms. The van der Waals surface area contributed by atoms with Crippen LogP contribution in [0.4, 0.5) is 0 Å². The van der Waals surface area contributed by atoms with Crippen LogP contribution in [0.2, 0.25) is 10.0 Å². The third-order valence-corrected chi connectivity index (χ3v) is 2.79. The molecule has 0 aliphatic rings. The summed E-state index contributed by atoms with van der Waals surface area (Å²) in [7, 11) is 0. The van der Waals surface area contributed by atoms with Crippen LogP contribution in [-0.2, 0) is 6.61 Å². The molecular formula is C13H10Cl2O. The van der Waals surface area contributed by atoms with Crippen molar-refractivity contribution in [1.29, 1.82) is 0 Å². The molecule has 0 unspecified atom stereocenters. The van der Waals surface area contributed by atoms with E-state index in [2.05, 4.69) is 0 Å². The number of aliphatic hydroxyl groups excluding tert-OH is 1. The highest BCUT2D eigenvalue weighted by Gasteiger charge is 2.01.